The second kappa shape index (κ2) is 6.70. The van der Waals surface area contributed by atoms with Crippen LogP contribution in [-0.2, 0) is 20.3 Å². The molecule has 1 aliphatic carbocycles. The van der Waals surface area contributed by atoms with Gasteiger partial charge in [-0.25, -0.2) is 9.00 Å². The lowest BCUT2D eigenvalue weighted by atomic mass is 9.98. The molecular weight excluding hydrogens is 342 g/mol. The molecule has 5 atom stereocenters. The van der Waals surface area contributed by atoms with Crippen LogP contribution in [0.4, 0.5) is 4.79 Å². The SMILES string of the molecule is Cc1ccc(C(OS(=O)[O-])C2CC3CC3N2C(=O)OC(C)(C)C)cc1. The largest absolute Gasteiger partial charge is 0.750 e. The molecule has 1 saturated heterocycles. The third-order valence-corrected chi connectivity index (χ3v) is 5.05. The van der Waals surface area contributed by atoms with Gasteiger partial charge in [0.2, 0.25) is 0 Å². The molecule has 1 aliphatic heterocycles. The van der Waals surface area contributed by atoms with Crippen molar-refractivity contribution in [2.45, 2.75) is 64.3 Å². The number of aryl methyl sites for hydroxylation is 1. The van der Waals surface area contributed by atoms with Crippen LogP contribution < -0.4 is 0 Å². The van der Waals surface area contributed by atoms with Crippen molar-refractivity contribution >= 4 is 17.5 Å². The lowest BCUT2D eigenvalue weighted by molar-refractivity contribution is 0.00310. The number of amides is 1. The number of benzene rings is 1. The third kappa shape index (κ3) is 4.22. The molecule has 0 radical (unpaired) electrons. The second-order valence-corrected chi connectivity index (χ2v) is 8.49. The van der Waals surface area contributed by atoms with E-state index in [9.17, 15) is 13.6 Å². The van der Waals surface area contributed by atoms with Gasteiger partial charge in [-0.1, -0.05) is 29.8 Å². The molecule has 1 amide bonds. The monoisotopic (exact) mass is 366 g/mol. The summed E-state index contributed by atoms with van der Waals surface area (Å²) in [6.45, 7) is 7.42. The first-order chi connectivity index (χ1) is 11.7. The van der Waals surface area contributed by atoms with E-state index in [0.717, 1.165) is 24.0 Å². The molecule has 2 aliphatic rings. The fourth-order valence-electron chi connectivity index (χ4n) is 3.53. The van der Waals surface area contributed by atoms with E-state index >= 15 is 0 Å². The minimum atomic E-state index is -2.67. The van der Waals surface area contributed by atoms with E-state index in [1.807, 2.05) is 52.0 Å². The average molecular weight is 366 g/mol. The quantitative estimate of drug-likeness (QED) is 0.764. The summed E-state index contributed by atoms with van der Waals surface area (Å²) in [6.07, 6.45) is 0.537. The second-order valence-electron chi connectivity index (χ2n) is 7.89. The van der Waals surface area contributed by atoms with Gasteiger partial charge in [0.25, 0.3) is 0 Å². The fourth-order valence-corrected chi connectivity index (χ4v) is 3.94. The van der Waals surface area contributed by atoms with Gasteiger partial charge >= 0.3 is 6.09 Å². The Balaban J connectivity index is 1.87. The number of fused-ring (bicyclic) bond motifs is 1. The summed E-state index contributed by atoms with van der Waals surface area (Å²) >= 11 is -2.67. The smallest absolute Gasteiger partial charge is 0.410 e. The Hall–Kier alpha value is -1.44. The molecule has 25 heavy (non-hydrogen) atoms. The summed E-state index contributed by atoms with van der Waals surface area (Å²) in [5, 5.41) is 0. The Morgan fingerprint density at radius 1 is 1.28 bits per heavy atom. The summed E-state index contributed by atoms with van der Waals surface area (Å²) in [4.78, 5) is 14.4. The number of hydrogen-bond donors (Lipinski definition) is 0. The van der Waals surface area contributed by atoms with Crippen LogP contribution in [0.1, 0.15) is 50.8 Å². The molecule has 0 spiro atoms. The van der Waals surface area contributed by atoms with E-state index in [2.05, 4.69) is 0 Å². The summed E-state index contributed by atoms with van der Waals surface area (Å²) in [5.74, 6) is 0.397. The van der Waals surface area contributed by atoms with Crippen molar-refractivity contribution in [3.8, 4) is 0 Å². The first kappa shape index (κ1) is 18.4. The number of rotatable bonds is 4. The molecule has 1 aromatic rings. The van der Waals surface area contributed by atoms with Gasteiger partial charge in [-0.2, -0.15) is 0 Å². The number of nitrogens with zero attached hydrogens (tertiary/aromatic N) is 1. The molecule has 1 saturated carbocycles. The molecule has 1 aromatic carbocycles. The molecule has 0 N–H and O–H groups in total. The van der Waals surface area contributed by atoms with Crippen molar-refractivity contribution in [2.24, 2.45) is 5.92 Å². The van der Waals surface area contributed by atoms with Gasteiger partial charge in [0.05, 0.1) is 17.4 Å². The number of ether oxygens (including phenoxy) is 1. The Morgan fingerprint density at radius 2 is 1.92 bits per heavy atom. The van der Waals surface area contributed by atoms with Gasteiger partial charge in [-0.05, 0) is 52.0 Å². The summed E-state index contributed by atoms with van der Waals surface area (Å²) < 4.78 is 33.2. The maximum absolute atomic E-state index is 12.7. The van der Waals surface area contributed by atoms with Gasteiger partial charge < -0.3 is 9.29 Å². The van der Waals surface area contributed by atoms with Gasteiger partial charge in [0.1, 0.15) is 11.7 Å². The zero-order valence-corrected chi connectivity index (χ0v) is 15.7. The Labute approximate surface area is 151 Å². The van der Waals surface area contributed by atoms with Crippen LogP contribution in [0.3, 0.4) is 0 Å². The topological polar surface area (TPSA) is 78.9 Å². The van der Waals surface area contributed by atoms with Crippen LogP contribution in [0.5, 0.6) is 0 Å². The number of piperidine rings is 1. The Morgan fingerprint density at radius 3 is 2.48 bits per heavy atom. The van der Waals surface area contributed by atoms with Crippen LogP contribution in [0.15, 0.2) is 24.3 Å². The lowest BCUT2D eigenvalue weighted by Gasteiger charge is -2.35. The molecule has 138 valence electrons. The van der Waals surface area contributed by atoms with E-state index < -0.39 is 29.2 Å². The Kier molecular flexibility index (Phi) is 4.92. The maximum Gasteiger partial charge on any atom is 0.410 e. The fraction of sp³-hybridized carbons (Fsp3) is 0.611. The van der Waals surface area contributed by atoms with Crippen LogP contribution in [0.2, 0.25) is 0 Å². The average Bonchev–Trinajstić information content (AvgIpc) is 3.14. The number of hydrogen-bond acceptors (Lipinski definition) is 5. The van der Waals surface area contributed by atoms with Crippen molar-refractivity contribution in [3.05, 3.63) is 35.4 Å². The van der Waals surface area contributed by atoms with Crippen LogP contribution >= 0.6 is 0 Å². The van der Waals surface area contributed by atoms with E-state index in [4.69, 9.17) is 8.92 Å². The van der Waals surface area contributed by atoms with Crippen molar-refractivity contribution in [3.63, 3.8) is 0 Å². The number of carbonyl (C=O) groups is 1. The lowest BCUT2D eigenvalue weighted by Crippen LogP contribution is -2.45. The molecule has 5 unspecified atom stereocenters. The van der Waals surface area contributed by atoms with E-state index in [1.54, 1.807) is 4.90 Å². The standard InChI is InChI=1S/C18H25NO5S/c1-11-5-7-12(8-6-11)16(24-25(21)22)15-10-13-9-14(13)19(15)17(20)23-18(2,3)4/h5-8,13-16H,9-10H2,1-4H3,(H,21,22)/p-1. The summed E-state index contributed by atoms with van der Waals surface area (Å²) in [7, 11) is 0. The van der Waals surface area contributed by atoms with E-state index in [-0.39, 0.29) is 12.1 Å². The third-order valence-electron chi connectivity index (χ3n) is 4.69. The van der Waals surface area contributed by atoms with Gasteiger partial charge in [-0.15, -0.1) is 0 Å². The summed E-state index contributed by atoms with van der Waals surface area (Å²) in [6, 6.07) is 7.30. The zero-order valence-electron chi connectivity index (χ0n) is 14.9. The normalized spacial score (nSPS) is 27.6. The van der Waals surface area contributed by atoms with Crippen molar-refractivity contribution in [2.75, 3.05) is 0 Å². The molecular formula is C18H24NO5S-. The molecule has 1 heterocycles. The van der Waals surface area contributed by atoms with Crippen molar-refractivity contribution < 1.29 is 22.5 Å². The first-order valence-corrected chi connectivity index (χ1v) is 9.50. The number of likely N-dealkylation sites (tertiary alicyclic amines) is 1. The maximum atomic E-state index is 12.7. The minimum Gasteiger partial charge on any atom is -0.750 e. The summed E-state index contributed by atoms with van der Waals surface area (Å²) in [5.41, 5.74) is 1.22. The van der Waals surface area contributed by atoms with Gasteiger partial charge in [-0.3, -0.25) is 9.08 Å². The molecule has 0 aromatic heterocycles. The molecule has 3 rings (SSSR count). The molecule has 0 bridgehead atoms. The number of carbonyl (C=O) groups excluding carboxylic acids is 1. The highest BCUT2D eigenvalue weighted by Crippen LogP contribution is 2.52. The van der Waals surface area contributed by atoms with Crippen molar-refractivity contribution in [1.29, 1.82) is 0 Å². The first-order valence-electron chi connectivity index (χ1n) is 8.50. The predicted octanol–water partition coefficient (Wildman–Crippen LogP) is 3.24. The highest BCUT2D eigenvalue weighted by molar-refractivity contribution is 7.74. The zero-order chi connectivity index (χ0) is 18.4. The van der Waals surface area contributed by atoms with Gasteiger partial charge in [0, 0.05) is 6.04 Å². The van der Waals surface area contributed by atoms with Crippen LogP contribution in [0.25, 0.3) is 0 Å². The Bertz CT molecular complexity index is 669. The van der Waals surface area contributed by atoms with E-state index in [1.165, 1.54) is 0 Å². The molecule has 6 nitrogen and oxygen atoms in total. The minimum absolute atomic E-state index is 0.122. The van der Waals surface area contributed by atoms with Crippen LogP contribution in [0, 0.1) is 12.8 Å². The van der Waals surface area contributed by atoms with Crippen molar-refractivity contribution in [1.82, 2.24) is 4.90 Å². The van der Waals surface area contributed by atoms with Gasteiger partial charge in [0.15, 0.2) is 0 Å². The predicted molar refractivity (Wildman–Crippen MR) is 92.3 cm³/mol. The molecule has 2 fully saturated rings. The van der Waals surface area contributed by atoms with Crippen LogP contribution in [-0.4, -0.2) is 37.4 Å². The highest BCUT2D eigenvalue weighted by atomic mass is 32.2. The van der Waals surface area contributed by atoms with E-state index in [0.29, 0.717) is 5.92 Å². The highest BCUT2D eigenvalue weighted by Gasteiger charge is 2.57. The molecule has 7 heteroatoms.